The van der Waals surface area contributed by atoms with E-state index in [0.717, 1.165) is 13.0 Å². The van der Waals surface area contributed by atoms with E-state index in [0.29, 0.717) is 17.9 Å². The molecule has 1 heterocycles. The quantitative estimate of drug-likeness (QED) is 0.770. The summed E-state index contributed by atoms with van der Waals surface area (Å²) in [5.41, 5.74) is 0.596. The first kappa shape index (κ1) is 16.8. The highest BCUT2D eigenvalue weighted by Crippen LogP contribution is 2.25. The number of aryl methyl sites for hydroxylation is 1. The number of methoxy groups -OCH3 is 1. The molecule has 1 unspecified atom stereocenters. The first-order chi connectivity index (χ1) is 11.1. The molecule has 2 amide bonds. The van der Waals surface area contributed by atoms with Gasteiger partial charge in [0.25, 0.3) is 0 Å². The number of nitrogens with zero attached hydrogens (tertiary/aromatic N) is 2. The Morgan fingerprint density at radius 3 is 3.00 bits per heavy atom. The molecule has 6 nitrogen and oxygen atoms in total. The Balaban J connectivity index is 1.79. The van der Waals surface area contributed by atoms with Crippen LogP contribution in [0.3, 0.4) is 0 Å². The molecule has 0 aliphatic carbocycles. The first-order valence-electron chi connectivity index (χ1n) is 7.45. The van der Waals surface area contributed by atoms with Gasteiger partial charge in [-0.3, -0.25) is 4.68 Å². The number of ether oxygens (including phenoxy) is 1. The smallest absolute Gasteiger partial charge is 0.315 e. The second-order valence-electron chi connectivity index (χ2n) is 5.13. The highest BCUT2D eigenvalue weighted by atomic mass is 19.1. The third-order valence-corrected chi connectivity index (χ3v) is 3.41. The predicted molar refractivity (Wildman–Crippen MR) is 84.7 cm³/mol. The molecule has 0 saturated carbocycles. The van der Waals surface area contributed by atoms with Crippen LogP contribution in [0.25, 0.3) is 0 Å². The van der Waals surface area contributed by atoms with Crippen LogP contribution in [-0.2, 0) is 6.54 Å². The number of carbonyl (C=O) groups is 1. The fourth-order valence-corrected chi connectivity index (χ4v) is 2.24. The summed E-state index contributed by atoms with van der Waals surface area (Å²) in [7, 11) is 1.51. The van der Waals surface area contributed by atoms with Crippen LogP contribution in [0.4, 0.5) is 9.18 Å². The number of nitrogens with one attached hydrogen (secondary N) is 2. The summed E-state index contributed by atoms with van der Waals surface area (Å²) in [4.78, 5) is 11.9. The zero-order valence-electron chi connectivity index (χ0n) is 13.3. The van der Waals surface area contributed by atoms with Gasteiger partial charge in [0, 0.05) is 31.0 Å². The van der Waals surface area contributed by atoms with E-state index in [9.17, 15) is 9.18 Å². The van der Waals surface area contributed by atoms with E-state index in [-0.39, 0.29) is 17.9 Å². The summed E-state index contributed by atoms with van der Waals surface area (Å²) in [6, 6.07) is 5.42. The van der Waals surface area contributed by atoms with Gasteiger partial charge < -0.3 is 15.4 Å². The van der Waals surface area contributed by atoms with Gasteiger partial charge in [-0.15, -0.1) is 0 Å². The van der Waals surface area contributed by atoms with Crippen molar-refractivity contribution in [3.8, 4) is 5.75 Å². The molecule has 1 aromatic carbocycles. The van der Waals surface area contributed by atoms with Gasteiger partial charge >= 0.3 is 6.03 Å². The molecular weight excluding hydrogens is 299 g/mol. The Bertz CT molecular complexity index is 631. The zero-order valence-corrected chi connectivity index (χ0v) is 13.3. The molecule has 0 saturated heterocycles. The van der Waals surface area contributed by atoms with Crippen LogP contribution in [0.1, 0.15) is 24.9 Å². The molecule has 0 radical (unpaired) electrons. The second-order valence-corrected chi connectivity index (χ2v) is 5.13. The highest BCUT2D eigenvalue weighted by molar-refractivity contribution is 5.74. The van der Waals surface area contributed by atoms with Crippen LogP contribution in [0.15, 0.2) is 36.7 Å². The molecule has 2 aromatic rings. The fourth-order valence-electron chi connectivity index (χ4n) is 2.24. The van der Waals surface area contributed by atoms with E-state index in [1.807, 2.05) is 12.3 Å². The molecule has 1 atom stereocenters. The van der Waals surface area contributed by atoms with E-state index in [4.69, 9.17) is 4.74 Å². The second kappa shape index (κ2) is 8.17. The largest absolute Gasteiger partial charge is 0.496 e. The number of aromatic nitrogens is 2. The van der Waals surface area contributed by atoms with Gasteiger partial charge in [-0.05, 0) is 37.6 Å². The van der Waals surface area contributed by atoms with Gasteiger partial charge in [0.05, 0.1) is 13.2 Å². The third kappa shape index (κ3) is 4.98. The minimum Gasteiger partial charge on any atom is -0.496 e. The van der Waals surface area contributed by atoms with Gasteiger partial charge in [-0.1, -0.05) is 0 Å². The van der Waals surface area contributed by atoms with Crippen LogP contribution in [0.2, 0.25) is 0 Å². The predicted octanol–water partition coefficient (Wildman–Crippen LogP) is 2.48. The van der Waals surface area contributed by atoms with E-state index in [1.54, 1.807) is 23.9 Å². The maximum absolute atomic E-state index is 13.4. The number of rotatable bonds is 7. The summed E-state index contributed by atoms with van der Waals surface area (Å²) >= 11 is 0. The van der Waals surface area contributed by atoms with E-state index < -0.39 is 0 Å². The Morgan fingerprint density at radius 2 is 2.30 bits per heavy atom. The number of hydrogen-bond acceptors (Lipinski definition) is 3. The van der Waals surface area contributed by atoms with Crippen molar-refractivity contribution in [2.45, 2.75) is 25.9 Å². The summed E-state index contributed by atoms with van der Waals surface area (Å²) in [6.07, 6.45) is 4.36. The first-order valence-corrected chi connectivity index (χ1v) is 7.45. The van der Waals surface area contributed by atoms with E-state index >= 15 is 0 Å². The summed E-state index contributed by atoms with van der Waals surface area (Å²) < 4.78 is 20.4. The maximum atomic E-state index is 13.4. The van der Waals surface area contributed by atoms with Crippen LogP contribution in [-0.4, -0.2) is 29.5 Å². The van der Waals surface area contributed by atoms with Crippen LogP contribution >= 0.6 is 0 Å². The van der Waals surface area contributed by atoms with Gasteiger partial charge in [0.2, 0.25) is 0 Å². The van der Waals surface area contributed by atoms with Crippen molar-refractivity contribution in [2.24, 2.45) is 0 Å². The number of carbonyl (C=O) groups excluding carboxylic acids is 1. The van der Waals surface area contributed by atoms with Gasteiger partial charge in [-0.2, -0.15) is 5.10 Å². The number of halogens is 1. The average Bonchev–Trinajstić information content (AvgIpc) is 3.05. The molecule has 23 heavy (non-hydrogen) atoms. The number of hydrogen-bond donors (Lipinski definition) is 2. The normalized spacial score (nSPS) is 11.8. The van der Waals surface area contributed by atoms with Crippen molar-refractivity contribution in [3.05, 3.63) is 48.0 Å². The lowest BCUT2D eigenvalue weighted by Crippen LogP contribution is -2.37. The minimum atomic E-state index is -0.369. The van der Waals surface area contributed by atoms with Crippen LogP contribution < -0.4 is 15.4 Å². The molecule has 0 spiro atoms. The van der Waals surface area contributed by atoms with Gasteiger partial charge in [0.15, 0.2) is 0 Å². The number of benzene rings is 1. The van der Waals surface area contributed by atoms with Crippen LogP contribution in [0.5, 0.6) is 5.75 Å². The summed E-state index contributed by atoms with van der Waals surface area (Å²) in [5.74, 6) is 0.173. The van der Waals surface area contributed by atoms with Crippen molar-refractivity contribution < 1.29 is 13.9 Å². The third-order valence-electron chi connectivity index (χ3n) is 3.41. The van der Waals surface area contributed by atoms with Crippen molar-refractivity contribution in [1.29, 1.82) is 0 Å². The molecule has 1 aromatic heterocycles. The Hall–Kier alpha value is -2.57. The molecule has 2 rings (SSSR count). The molecule has 124 valence electrons. The molecule has 2 N–H and O–H groups in total. The molecular formula is C16H21FN4O2. The van der Waals surface area contributed by atoms with E-state index in [1.165, 1.54) is 19.2 Å². The van der Waals surface area contributed by atoms with Crippen molar-refractivity contribution in [3.63, 3.8) is 0 Å². The summed E-state index contributed by atoms with van der Waals surface area (Å²) in [5, 5.41) is 9.63. The topological polar surface area (TPSA) is 68.2 Å². The zero-order chi connectivity index (χ0) is 16.7. The lowest BCUT2D eigenvalue weighted by Gasteiger charge is -2.18. The van der Waals surface area contributed by atoms with Crippen molar-refractivity contribution in [2.75, 3.05) is 13.7 Å². The molecule has 0 aliphatic rings. The minimum absolute atomic E-state index is 0.302. The Kier molecular flexibility index (Phi) is 5.96. The van der Waals surface area contributed by atoms with Gasteiger partial charge in [-0.25, -0.2) is 9.18 Å². The molecule has 0 aliphatic heterocycles. The van der Waals surface area contributed by atoms with Crippen molar-refractivity contribution >= 4 is 6.03 Å². The fraction of sp³-hybridized carbons (Fsp3) is 0.375. The number of amides is 2. The number of urea groups is 1. The SMILES string of the molecule is COc1ccc(F)cc1C(C)NC(=O)NCCCn1cccn1. The van der Waals surface area contributed by atoms with Crippen LogP contribution in [0, 0.1) is 5.82 Å². The molecule has 0 fully saturated rings. The maximum Gasteiger partial charge on any atom is 0.315 e. The summed E-state index contributed by atoms with van der Waals surface area (Å²) in [6.45, 7) is 3.04. The lowest BCUT2D eigenvalue weighted by atomic mass is 10.1. The monoisotopic (exact) mass is 320 g/mol. The van der Waals surface area contributed by atoms with Crippen molar-refractivity contribution in [1.82, 2.24) is 20.4 Å². The highest BCUT2D eigenvalue weighted by Gasteiger charge is 2.14. The lowest BCUT2D eigenvalue weighted by molar-refractivity contribution is 0.237. The molecule has 0 bridgehead atoms. The Morgan fingerprint density at radius 1 is 1.48 bits per heavy atom. The Labute approximate surface area is 134 Å². The average molecular weight is 320 g/mol. The molecule has 7 heteroatoms. The standard InChI is InChI=1S/C16H21FN4O2/c1-12(14-11-13(17)5-6-15(14)23-2)20-16(22)18-7-3-9-21-10-4-8-19-21/h4-6,8,10-12H,3,7,9H2,1-2H3,(H2,18,20,22). The van der Waals surface area contributed by atoms with Gasteiger partial charge in [0.1, 0.15) is 11.6 Å². The van der Waals surface area contributed by atoms with E-state index in [2.05, 4.69) is 15.7 Å².